The Balaban J connectivity index is 2.06. The summed E-state index contributed by atoms with van der Waals surface area (Å²) in [5.74, 6) is -1.15. The smallest absolute Gasteiger partial charge is 0.340 e. The van der Waals surface area contributed by atoms with Crippen LogP contribution in [0.3, 0.4) is 0 Å². The first-order chi connectivity index (χ1) is 13.9. The number of nitrogens with zero attached hydrogens (tertiary/aromatic N) is 1. The summed E-state index contributed by atoms with van der Waals surface area (Å²) >= 11 is 0. The zero-order chi connectivity index (χ0) is 21.2. The maximum atomic E-state index is 12.7. The number of hydrogen-bond acceptors (Lipinski definition) is 5. The quantitative estimate of drug-likeness (QED) is 0.502. The van der Waals surface area contributed by atoms with E-state index in [9.17, 15) is 14.4 Å². The summed E-state index contributed by atoms with van der Waals surface area (Å²) in [6.45, 7) is 3.39. The van der Waals surface area contributed by atoms with Gasteiger partial charge in [-0.15, -0.1) is 0 Å². The van der Waals surface area contributed by atoms with Gasteiger partial charge in [0.05, 0.1) is 17.9 Å². The Morgan fingerprint density at radius 2 is 1.66 bits per heavy atom. The molecule has 0 saturated carbocycles. The van der Waals surface area contributed by atoms with Crippen LogP contribution in [0.1, 0.15) is 44.4 Å². The third-order valence-corrected chi connectivity index (χ3v) is 4.13. The molecule has 0 saturated heterocycles. The second kappa shape index (κ2) is 11.0. The third kappa shape index (κ3) is 6.73. The third-order valence-electron chi connectivity index (χ3n) is 4.13. The van der Waals surface area contributed by atoms with Crippen molar-refractivity contribution in [3.63, 3.8) is 0 Å². The van der Waals surface area contributed by atoms with Crippen molar-refractivity contribution < 1.29 is 19.1 Å². The van der Waals surface area contributed by atoms with E-state index in [1.807, 2.05) is 19.0 Å². The highest BCUT2D eigenvalue weighted by molar-refractivity contribution is 6.09. The average Bonchev–Trinajstić information content (AvgIpc) is 2.71. The standard InChI is InChI=1S/C22H27N3O4/c1-4-29-22(28)18-11-5-6-12-19(18)24-21(27)17-10-7-9-16(15-17)20(26)23-13-8-14-25(2)3/h5-7,9-12,15H,4,8,13-14H2,1-3H3,(H,23,26)(H,24,27). The molecular formula is C22H27N3O4. The predicted molar refractivity (Wildman–Crippen MR) is 112 cm³/mol. The van der Waals surface area contributed by atoms with Crippen molar-refractivity contribution in [3.05, 3.63) is 65.2 Å². The Morgan fingerprint density at radius 1 is 0.966 bits per heavy atom. The van der Waals surface area contributed by atoms with E-state index < -0.39 is 11.9 Å². The van der Waals surface area contributed by atoms with Gasteiger partial charge in [0.2, 0.25) is 0 Å². The molecule has 29 heavy (non-hydrogen) atoms. The van der Waals surface area contributed by atoms with Gasteiger partial charge in [0.15, 0.2) is 0 Å². The number of para-hydroxylation sites is 1. The summed E-state index contributed by atoms with van der Waals surface area (Å²) < 4.78 is 5.02. The molecule has 2 aromatic carbocycles. The Kier molecular flexibility index (Phi) is 8.36. The molecule has 0 aromatic heterocycles. The number of carbonyl (C=O) groups is 3. The first kappa shape index (κ1) is 22.1. The average molecular weight is 397 g/mol. The lowest BCUT2D eigenvalue weighted by Crippen LogP contribution is -2.27. The predicted octanol–water partition coefficient (Wildman–Crippen LogP) is 2.80. The van der Waals surface area contributed by atoms with Crippen LogP contribution in [0.15, 0.2) is 48.5 Å². The van der Waals surface area contributed by atoms with E-state index in [0.29, 0.717) is 23.4 Å². The topological polar surface area (TPSA) is 87.7 Å². The maximum Gasteiger partial charge on any atom is 0.340 e. The van der Waals surface area contributed by atoms with E-state index in [0.717, 1.165) is 13.0 Å². The molecule has 0 aliphatic carbocycles. The van der Waals surface area contributed by atoms with Gasteiger partial charge in [-0.05, 0) is 64.3 Å². The molecule has 0 atom stereocenters. The zero-order valence-corrected chi connectivity index (χ0v) is 17.0. The number of ether oxygens (including phenoxy) is 1. The second-order valence-electron chi connectivity index (χ2n) is 6.71. The molecule has 2 N–H and O–H groups in total. The van der Waals surface area contributed by atoms with Crippen LogP contribution in [0.5, 0.6) is 0 Å². The fourth-order valence-corrected chi connectivity index (χ4v) is 2.67. The van der Waals surface area contributed by atoms with Gasteiger partial charge in [0.25, 0.3) is 11.8 Å². The van der Waals surface area contributed by atoms with Crippen molar-refractivity contribution in [2.45, 2.75) is 13.3 Å². The van der Waals surface area contributed by atoms with Crippen molar-refractivity contribution in [1.29, 1.82) is 0 Å². The number of amides is 2. The lowest BCUT2D eigenvalue weighted by atomic mass is 10.1. The van der Waals surface area contributed by atoms with Crippen molar-refractivity contribution in [2.24, 2.45) is 0 Å². The summed E-state index contributed by atoms with van der Waals surface area (Å²) in [7, 11) is 3.95. The molecule has 2 rings (SSSR count). The monoisotopic (exact) mass is 397 g/mol. The molecule has 0 aliphatic heterocycles. The van der Waals surface area contributed by atoms with Gasteiger partial charge >= 0.3 is 5.97 Å². The van der Waals surface area contributed by atoms with Crippen LogP contribution >= 0.6 is 0 Å². The molecule has 2 amide bonds. The van der Waals surface area contributed by atoms with E-state index in [2.05, 4.69) is 10.6 Å². The van der Waals surface area contributed by atoms with Crippen LogP contribution < -0.4 is 10.6 Å². The SMILES string of the molecule is CCOC(=O)c1ccccc1NC(=O)c1cccc(C(=O)NCCCN(C)C)c1. The molecule has 0 bridgehead atoms. The largest absolute Gasteiger partial charge is 0.462 e. The molecule has 0 radical (unpaired) electrons. The van der Waals surface area contributed by atoms with Gasteiger partial charge in [0, 0.05) is 17.7 Å². The number of benzene rings is 2. The first-order valence-electron chi connectivity index (χ1n) is 9.53. The molecule has 154 valence electrons. The molecule has 0 aliphatic rings. The highest BCUT2D eigenvalue weighted by atomic mass is 16.5. The minimum Gasteiger partial charge on any atom is -0.462 e. The molecule has 2 aromatic rings. The number of esters is 1. The first-order valence-corrected chi connectivity index (χ1v) is 9.53. The minimum atomic E-state index is -0.505. The fourth-order valence-electron chi connectivity index (χ4n) is 2.67. The highest BCUT2D eigenvalue weighted by Gasteiger charge is 2.16. The van der Waals surface area contributed by atoms with Gasteiger partial charge < -0.3 is 20.3 Å². The van der Waals surface area contributed by atoms with Crippen molar-refractivity contribution >= 4 is 23.5 Å². The number of nitrogens with one attached hydrogen (secondary N) is 2. The summed E-state index contributed by atoms with van der Waals surface area (Å²) in [6.07, 6.45) is 0.837. The van der Waals surface area contributed by atoms with Gasteiger partial charge in [-0.1, -0.05) is 18.2 Å². The number of carbonyl (C=O) groups excluding carboxylic acids is 3. The van der Waals surface area contributed by atoms with E-state index in [1.54, 1.807) is 49.4 Å². The van der Waals surface area contributed by atoms with Crippen LogP contribution in [0.2, 0.25) is 0 Å². The van der Waals surface area contributed by atoms with E-state index in [1.165, 1.54) is 6.07 Å². The minimum absolute atomic E-state index is 0.231. The zero-order valence-electron chi connectivity index (χ0n) is 17.0. The molecule has 7 nitrogen and oxygen atoms in total. The summed E-state index contributed by atoms with van der Waals surface area (Å²) in [6, 6.07) is 13.1. The molecule has 0 spiro atoms. The van der Waals surface area contributed by atoms with Crippen LogP contribution in [0.4, 0.5) is 5.69 Å². The van der Waals surface area contributed by atoms with E-state index in [-0.39, 0.29) is 18.1 Å². The lowest BCUT2D eigenvalue weighted by molar-refractivity contribution is 0.0527. The molecule has 0 heterocycles. The van der Waals surface area contributed by atoms with Gasteiger partial charge in [0.1, 0.15) is 0 Å². The Hall–Kier alpha value is -3.19. The summed E-state index contributed by atoms with van der Waals surface area (Å²) in [5, 5.41) is 5.57. The van der Waals surface area contributed by atoms with Crippen LogP contribution in [0, 0.1) is 0 Å². The van der Waals surface area contributed by atoms with E-state index in [4.69, 9.17) is 4.74 Å². The number of hydrogen-bond donors (Lipinski definition) is 2. The van der Waals surface area contributed by atoms with Gasteiger partial charge in [-0.25, -0.2) is 4.79 Å². The maximum absolute atomic E-state index is 12.7. The molecule has 0 fully saturated rings. The molecular weight excluding hydrogens is 370 g/mol. The van der Waals surface area contributed by atoms with E-state index >= 15 is 0 Å². The second-order valence-corrected chi connectivity index (χ2v) is 6.71. The fraction of sp³-hybridized carbons (Fsp3) is 0.318. The number of rotatable bonds is 9. The Labute approximate surface area is 171 Å². The van der Waals surface area contributed by atoms with Gasteiger partial charge in [-0.3, -0.25) is 9.59 Å². The Bertz CT molecular complexity index is 865. The normalized spacial score (nSPS) is 10.5. The Morgan fingerprint density at radius 3 is 2.34 bits per heavy atom. The number of anilines is 1. The molecule has 0 unspecified atom stereocenters. The van der Waals surface area contributed by atoms with Crippen molar-refractivity contribution in [1.82, 2.24) is 10.2 Å². The van der Waals surface area contributed by atoms with Crippen LogP contribution in [-0.2, 0) is 4.74 Å². The summed E-state index contributed by atoms with van der Waals surface area (Å²) in [4.78, 5) is 39.1. The van der Waals surface area contributed by atoms with Crippen molar-refractivity contribution in [3.8, 4) is 0 Å². The molecule has 7 heteroatoms. The highest BCUT2D eigenvalue weighted by Crippen LogP contribution is 2.18. The van der Waals surface area contributed by atoms with Crippen LogP contribution in [-0.4, -0.2) is 56.5 Å². The summed E-state index contributed by atoms with van der Waals surface area (Å²) in [5.41, 5.74) is 1.36. The van der Waals surface area contributed by atoms with Gasteiger partial charge in [-0.2, -0.15) is 0 Å². The van der Waals surface area contributed by atoms with Crippen molar-refractivity contribution in [2.75, 3.05) is 39.1 Å². The lowest BCUT2D eigenvalue weighted by Gasteiger charge is -2.12. The van der Waals surface area contributed by atoms with Crippen LogP contribution in [0.25, 0.3) is 0 Å².